The van der Waals surface area contributed by atoms with Crippen LogP contribution in [0.1, 0.15) is 64.2 Å². The molecule has 3 heteroatoms. The summed E-state index contributed by atoms with van der Waals surface area (Å²) >= 11 is 0. The number of hydrogen-bond donors (Lipinski definition) is 1. The van der Waals surface area contributed by atoms with Crippen molar-refractivity contribution in [2.75, 3.05) is 0 Å². The Labute approximate surface area is 98.5 Å². The third-order valence-electron chi connectivity index (χ3n) is 2.99. The Morgan fingerprint density at radius 3 is 1.25 bits per heavy atom. The van der Waals surface area contributed by atoms with Crippen LogP contribution in [0.15, 0.2) is 18.7 Å². The van der Waals surface area contributed by atoms with Crippen LogP contribution in [0.5, 0.6) is 0 Å². The topological polar surface area (TPSA) is 38.0 Å². The minimum Gasteiger partial charge on any atom is -0.427 e. The van der Waals surface area contributed by atoms with E-state index in [-0.39, 0.29) is 0 Å². The first kappa shape index (κ1) is 13.1. The summed E-state index contributed by atoms with van der Waals surface area (Å²) in [5.41, 5.74) is 0. The number of imidazole rings is 1. The second kappa shape index (κ2) is 9.25. The summed E-state index contributed by atoms with van der Waals surface area (Å²) in [7, 11) is 0. The molecule has 1 saturated carbocycles. The molecule has 1 aliphatic rings. The van der Waals surface area contributed by atoms with Gasteiger partial charge >= 0.3 is 0 Å². The van der Waals surface area contributed by atoms with Crippen LogP contribution in [-0.2, 0) is 0 Å². The molecule has 0 aromatic carbocycles. The zero-order valence-corrected chi connectivity index (χ0v) is 10.1. The van der Waals surface area contributed by atoms with Crippen molar-refractivity contribution >= 4 is 0 Å². The Morgan fingerprint density at radius 2 is 1.12 bits per heavy atom. The van der Waals surface area contributed by atoms with Gasteiger partial charge in [0, 0.05) is 6.20 Å². The monoisotopic (exact) mass is 224 g/mol. The van der Waals surface area contributed by atoms with Gasteiger partial charge in [0.15, 0.2) is 0 Å². The molecule has 3 nitrogen and oxygen atoms in total. The Bertz CT molecular complexity index is 201. The lowest BCUT2D eigenvalue weighted by atomic mass is 10.0. The van der Waals surface area contributed by atoms with Crippen molar-refractivity contribution in [1.82, 2.24) is 9.71 Å². The van der Waals surface area contributed by atoms with Gasteiger partial charge in [-0.15, -0.1) is 0 Å². The standard InChI is InChI=1S/C10H20.C3H4N2O/c1-2-4-6-8-10-9-7-5-3-1;6-5-2-1-4-3-5/h1-10H2;1-3,6H. The average molecular weight is 224 g/mol. The first-order valence-corrected chi connectivity index (χ1v) is 6.57. The van der Waals surface area contributed by atoms with E-state index < -0.39 is 0 Å². The van der Waals surface area contributed by atoms with Gasteiger partial charge in [0.1, 0.15) is 6.33 Å². The van der Waals surface area contributed by atoms with E-state index in [2.05, 4.69) is 4.98 Å². The van der Waals surface area contributed by atoms with Crippen LogP contribution in [0.2, 0.25) is 0 Å². The van der Waals surface area contributed by atoms with Gasteiger partial charge in [-0.2, -0.15) is 4.73 Å². The zero-order valence-electron chi connectivity index (χ0n) is 10.1. The minimum atomic E-state index is 0.889. The lowest BCUT2D eigenvalue weighted by Crippen LogP contribution is -1.85. The SMILES string of the molecule is C1CCCCCCCCC1.On1ccnc1. The molecule has 0 spiro atoms. The molecule has 0 amide bonds. The lowest BCUT2D eigenvalue weighted by molar-refractivity contribution is 0.186. The van der Waals surface area contributed by atoms with E-state index in [0.29, 0.717) is 0 Å². The molecule has 0 saturated heterocycles. The molecule has 1 heterocycles. The van der Waals surface area contributed by atoms with Gasteiger partial charge in [-0.25, -0.2) is 4.98 Å². The Balaban J connectivity index is 0.000000181. The first-order chi connectivity index (χ1) is 7.89. The fourth-order valence-electron chi connectivity index (χ4n) is 2.02. The Kier molecular flexibility index (Phi) is 7.56. The highest BCUT2D eigenvalue weighted by Gasteiger charge is 1.95. The molecule has 92 valence electrons. The number of aromatic nitrogens is 2. The normalized spacial score (nSPS) is 18.2. The van der Waals surface area contributed by atoms with Crippen LogP contribution in [0.25, 0.3) is 0 Å². The van der Waals surface area contributed by atoms with Gasteiger partial charge < -0.3 is 5.21 Å². The summed E-state index contributed by atoms with van der Waals surface area (Å²) in [4.78, 5) is 3.53. The molecule has 0 bridgehead atoms. The zero-order chi connectivity index (χ0) is 11.5. The van der Waals surface area contributed by atoms with Crippen molar-refractivity contribution in [3.8, 4) is 0 Å². The summed E-state index contributed by atoms with van der Waals surface area (Å²) in [5.74, 6) is 0. The number of rotatable bonds is 0. The molecule has 1 fully saturated rings. The van der Waals surface area contributed by atoms with Gasteiger partial charge in [-0.3, -0.25) is 0 Å². The molecule has 1 aromatic rings. The third-order valence-corrected chi connectivity index (χ3v) is 2.99. The van der Waals surface area contributed by atoms with Gasteiger partial charge in [0.25, 0.3) is 0 Å². The molecular formula is C13H24N2O. The average Bonchev–Trinajstić information content (AvgIpc) is 2.79. The van der Waals surface area contributed by atoms with Crippen LogP contribution < -0.4 is 0 Å². The predicted octanol–water partition coefficient (Wildman–Crippen LogP) is 4.02. The van der Waals surface area contributed by atoms with Crippen molar-refractivity contribution in [2.45, 2.75) is 64.2 Å². The van der Waals surface area contributed by atoms with Crippen molar-refractivity contribution in [1.29, 1.82) is 0 Å². The van der Waals surface area contributed by atoms with Crippen LogP contribution >= 0.6 is 0 Å². The maximum atomic E-state index is 8.33. The molecule has 0 unspecified atom stereocenters. The smallest absolute Gasteiger partial charge is 0.131 e. The third kappa shape index (κ3) is 7.32. The van der Waals surface area contributed by atoms with Crippen LogP contribution in [-0.4, -0.2) is 14.9 Å². The predicted molar refractivity (Wildman–Crippen MR) is 65.6 cm³/mol. The van der Waals surface area contributed by atoms with Crippen LogP contribution in [0.4, 0.5) is 0 Å². The first-order valence-electron chi connectivity index (χ1n) is 6.57. The van der Waals surface area contributed by atoms with Crippen LogP contribution in [0, 0.1) is 0 Å². The maximum absolute atomic E-state index is 8.33. The summed E-state index contributed by atoms with van der Waals surface area (Å²) < 4.78 is 0.889. The van der Waals surface area contributed by atoms with Crippen molar-refractivity contribution < 1.29 is 5.21 Å². The Morgan fingerprint density at radius 1 is 0.750 bits per heavy atom. The second-order valence-electron chi connectivity index (χ2n) is 4.48. The number of hydrogen-bond acceptors (Lipinski definition) is 2. The maximum Gasteiger partial charge on any atom is 0.131 e. The van der Waals surface area contributed by atoms with Gasteiger partial charge in [0.05, 0.1) is 6.20 Å². The van der Waals surface area contributed by atoms with Crippen molar-refractivity contribution in [3.63, 3.8) is 0 Å². The molecule has 0 radical (unpaired) electrons. The van der Waals surface area contributed by atoms with Gasteiger partial charge in [-0.05, 0) is 0 Å². The summed E-state index contributed by atoms with van der Waals surface area (Å²) in [6, 6.07) is 0. The highest BCUT2D eigenvalue weighted by Crippen LogP contribution is 2.15. The fourth-order valence-corrected chi connectivity index (χ4v) is 2.02. The van der Waals surface area contributed by atoms with E-state index in [1.165, 1.54) is 82.9 Å². The molecule has 1 aliphatic carbocycles. The Hall–Kier alpha value is -0.990. The van der Waals surface area contributed by atoms with E-state index in [9.17, 15) is 0 Å². The lowest BCUT2D eigenvalue weighted by Gasteiger charge is -2.05. The molecule has 0 atom stereocenters. The highest BCUT2D eigenvalue weighted by atomic mass is 16.5. The fraction of sp³-hybridized carbons (Fsp3) is 0.769. The highest BCUT2D eigenvalue weighted by molar-refractivity contribution is 4.67. The van der Waals surface area contributed by atoms with Gasteiger partial charge in [0.2, 0.25) is 0 Å². The quantitative estimate of drug-likeness (QED) is 0.676. The van der Waals surface area contributed by atoms with Gasteiger partial charge in [-0.1, -0.05) is 64.2 Å². The van der Waals surface area contributed by atoms with E-state index in [1.807, 2.05) is 0 Å². The summed E-state index contributed by atoms with van der Waals surface area (Å²) in [5, 5.41) is 8.33. The van der Waals surface area contributed by atoms with Crippen molar-refractivity contribution in [3.05, 3.63) is 18.7 Å². The van der Waals surface area contributed by atoms with Crippen LogP contribution in [0.3, 0.4) is 0 Å². The molecule has 2 rings (SSSR count). The molecule has 1 N–H and O–H groups in total. The molecule has 1 aromatic heterocycles. The minimum absolute atomic E-state index is 0.889. The van der Waals surface area contributed by atoms with Crippen molar-refractivity contribution in [2.24, 2.45) is 0 Å². The summed E-state index contributed by atoms with van der Waals surface area (Å²) in [6.45, 7) is 0. The van der Waals surface area contributed by atoms with E-state index in [1.54, 1.807) is 0 Å². The largest absolute Gasteiger partial charge is 0.427 e. The number of nitrogens with zero attached hydrogens (tertiary/aromatic N) is 2. The van der Waals surface area contributed by atoms with E-state index >= 15 is 0 Å². The molecular weight excluding hydrogens is 200 g/mol. The van der Waals surface area contributed by atoms with E-state index in [4.69, 9.17) is 5.21 Å². The molecule has 0 aliphatic heterocycles. The summed E-state index contributed by atoms with van der Waals surface area (Å²) in [6.07, 6.45) is 19.2. The molecule has 16 heavy (non-hydrogen) atoms. The second-order valence-corrected chi connectivity index (χ2v) is 4.48. The van der Waals surface area contributed by atoms with E-state index in [0.717, 1.165) is 4.73 Å².